The van der Waals surface area contributed by atoms with E-state index in [0.717, 1.165) is 53.8 Å². The van der Waals surface area contributed by atoms with Gasteiger partial charge in [0, 0.05) is 34.8 Å². The number of anilines is 1. The first-order valence-corrected chi connectivity index (χ1v) is 11.8. The molecule has 174 valence electrons. The average molecular weight is 455 g/mol. The van der Waals surface area contributed by atoms with Crippen LogP contribution >= 0.6 is 0 Å². The molecule has 0 spiro atoms. The van der Waals surface area contributed by atoms with E-state index < -0.39 is 5.60 Å². The van der Waals surface area contributed by atoms with Crippen molar-refractivity contribution in [3.8, 4) is 11.1 Å². The maximum absolute atomic E-state index is 12.6. The molecule has 0 amide bonds. The first-order chi connectivity index (χ1) is 16.4. The Morgan fingerprint density at radius 1 is 1.26 bits per heavy atom. The molecule has 2 aliphatic carbocycles. The van der Waals surface area contributed by atoms with E-state index in [1.807, 2.05) is 50.3 Å². The summed E-state index contributed by atoms with van der Waals surface area (Å²) in [6.07, 6.45) is 13.4. The van der Waals surface area contributed by atoms with Gasteiger partial charge in [0.05, 0.1) is 17.1 Å². The fraction of sp³-hybridized carbons (Fsp3) is 0.321. The summed E-state index contributed by atoms with van der Waals surface area (Å²) in [5.74, 6) is 1.19. The van der Waals surface area contributed by atoms with Gasteiger partial charge in [-0.25, -0.2) is 0 Å². The molecule has 6 nitrogen and oxygen atoms in total. The van der Waals surface area contributed by atoms with Gasteiger partial charge < -0.3 is 15.4 Å². The van der Waals surface area contributed by atoms with Crippen LogP contribution < -0.4 is 5.73 Å². The molecule has 0 saturated heterocycles. The van der Waals surface area contributed by atoms with Crippen molar-refractivity contribution in [2.45, 2.75) is 52.1 Å². The predicted octanol–water partition coefficient (Wildman–Crippen LogP) is 5.95. The molecular formula is C28H30N4O2. The second-order valence-corrected chi connectivity index (χ2v) is 9.30. The van der Waals surface area contributed by atoms with Crippen LogP contribution in [0.25, 0.3) is 11.1 Å². The molecule has 0 bridgehead atoms. The Morgan fingerprint density at radius 3 is 2.71 bits per heavy atom. The van der Waals surface area contributed by atoms with Gasteiger partial charge in [-0.3, -0.25) is 9.98 Å². The molecule has 6 heteroatoms. The molecule has 3 aromatic rings. The van der Waals surface area contributed by atoms with E-state index in [4.69, 9.17) is 15.2 Å². The molecule has 5 rings (SSSR count). The van der Waals surface area contributed by atoms with E-state index in [-0.39, 0.29) is 0 Å². The molecule has 1 aromatic carbocycles. The summed E-state index contributed by atoms with van der Waals surface area (Å²) < 4.78 is 5.44. The van der Waals surface area contributed by atoms with Crippen LogP contribution in [0.4, 0.5) is 11.4 Å². The van der Waals surface area contributed by atoms with E-state index in [1.165, 1.54) is 0 Å². The van der Waals surface area contributed by atoms with Crippen LogP contribution in [0.15, 0.2) is 70.0 Å². The third-order valence-corrected chi connectivity index (χ3v) is 6.87. The van der Waals surface area contributed by atoms with Crippen LogP contribution in [-0.4, -0.2) is 21.0 Å². The van der Waals surface area contributed by atoms with Gasteiger partial charge in [0.15, 0.2) is 0 Å². The normalized spacial score (nSPS) is 18.0. The zero-order chi connectivity index (χ0) is 23.9. The molecule has 2 heterocycles. The Hall–Kier alpha value is -3.51. The summed E-state index contributed by atoms with van der Waals surface area (Å²) in [4.78, 5) is 9.33. The Kier molecular flexibility index (Phi) is 5.70. The van der Waals surface area contributed by atoms with Crippen molar-refractivity contribution < 1.29 is 9.63 Å². The number of hydrogen-bond donors (Lipinski definition) is 2. The van der Waals surface area contributed by atoms with Gasteiger partial charge >= 0.3 is 0 Å². The highest BCUT2D eigenvalue weighted by molar-refractivity contribution is 5.92. The molecule has 2 aliphatic rings. The Labute approximate surface area is 199 Å². The standard InChI is InChI=1S/C28H30N4O2/c1-17(20-11-12-20)31-27-24(14-21(15-25(27)29)26-18(2)32-34-19(26)3)28(33,22-8-5-4-6-9-22)23-10-7-13-30-16-23/h4-5,7-8,10,13-16,20,33H,6,9,11-12,29H2,1-3H3. The van der Waals surface area contributed by atoms with Crippen molar-refractivity contribution in [2.24, 2.45) is 10.9 Å². The van der Waals surface area contributed by atoms with Gasteiger partial charge in [-0.15, -0.1) is 0 Å². The number of aromatic nitrogens is 2. The lowest BCUT2D eigenvalue weighted by Crippen LogP contribution is -2.31. The van der Waals surface area contributed by atoms with Crippen molar-refractivity contribution in [2.75, 3.05) is 5.73 Å². The van der Waals surface area contributed by atoms with Gasteiger partial charge in [0.25, 0.3) is 0 Å². The highest BCUT2D eigenvalue weighted by Gasteiger charge is 2.39. The number of nitrogens with zero attached hydrogens (tertiary/aromatic N) is 3. The summed E-state index contributed by atoms with van der Waals surface area (Å²) >= 11 is 0. The molecule has 2 aromatic heterocycles. The largest absolute Gasteiger partial charge is 0.397 e. The minimum absolute atomic E-state index is 0.484. The van der Waals surface area contributed by atoms with Crippen LogP contribution in [0.2, 0.25) is 0 Å². The number of pyridine rings is 1. The van der Waals surface area contributed by atoms with Crippen LogP contribution in [0.5, 0.6) is 0 Å². The highest BCUT2D eigenvalue weighted by atomic mass is 16.5. The molecule has 3 N–H and O–H groups in total. The molecule has 34 heavy (non-hydrogen) atoms. The van der Waals surface area contributed by atoms with Crippen molar-refractivity contribution in [3.63, 3.8) is 0 Å². The van der Waals surface area contributed by atoms with Crippen LogP contribution in [0, 0.1) is 19.8 Å². The third kappa shape index (κ3) is 3.88. The average Bonchev–Trinajstić information content (AvgIpc) is 3.65. The number of hydrogen-bond acceptors (Lipinski definition) is 6. The monoisotopic (exact) mass is 454 g/mol. The number of rotatable bonds is 6. The lowest BCUT2D eigenvalue weighted by molar-refractivity contribution is 0.117. The van der Waals surface area contributed by atoms with Gasteiger partial charge in [-0.1, -0.05) is 29.5 Å². The highest BCUT2D eigenvalue weighted by Crippen LogP contribution is 2.48. The predicted molar refractivity (Wildman–Crippen MR) is 135 cm³/mol. The first-order valence-electron chi connectivity index (χ1n) is 11.8. The maximum Gasteiger partial charge on any atom is 0.141 e. The quantitative estimate of drug-likeness (QED) is 0.354. The summed E-state index contributed by atoms with van der Waals surface area (Å²) in [6, 6.07) is 7.66. The number of nitrogen functional groups attached to an aromatic ring is 1. The number of allylic oxidation sites excluding steroid dienone is 3. The van der Waals surface area contributed by atoms with Gasteiger partial charge in [0.2, 0.25) is 0 Å². The molecule has 0 aliphatic heterocycles. The molecule has 1 unspecified atom stereocenters. The molecule has 1 saturated carbocycles. The molecular weight excluding hydrogens is 424 g/mol. The first kappa shape index (κ1) is 22.3. The lowest BCUT2D eigenvalue weighted by atomic mass is 9.76. The SMILES string of the molecule is CC(=Nc1c(N)cc(-c2c(C)noc2C)cc1C(O)(C1=CC=CCC1)c1cccnc1)C1CC1. The van der Waals surface area contributed by atoms with E-state index in [9.17, 15) is 5.11 Å². The summed E-state index contributed by atoms with van der Waals surface area (Å²) in [7, 11) is 0. The van der Waals surface area contributed by atoms with E-state index in [1.54, 1.807) is 12.4 Å². The molecule has 1 fully saturated rings. The van der Waals surface area contributed by atoms with Crippen molar-refractivity contribution in [1.82, 2.24) is 10.1 Å². The van der Waals surface area contributed by atoms with E-state index >= 15 is 0 Å². The lowest BCUT2D eigenvalue weighted by Gasteiger charge is -2.34. The number of aliphatic imine (C=N–C) groups is 1. The Balaban J connectivity index is 1.82. The topological polar surface area (TPSA) is 97.5 Å². The maximum atomic E-state index is 12.6. The number of aryl methyl sites for hydroxylation is 2. The van der Waals surface area contributed by atoms with Gasteiger partial charge in [0.1, 0.15) is 11.4 Å². The smallest absolute Gasteiger partial charge is 0.141 e. The summed E-state index contributed by atoms with van der Waals surface area (Å²) in [6.45, 7) is 5.85. The van der Waals surface area contributed by atoms with Crippen LogP contribution in [0.3, 0.4) is 0 Å². The number of benzene rings is 1. The minimum atomic E-state index is -1.44. The zero-order valence-electron chi connectivity index (χ0n) is 19.9. The number of nitrogens with two attached hydrogens (primary N) is 1. The molecule has 1 atom stereocenters. The third-order valence-electron chi connectivity index (χ3n) is 6.87. The van der Waals surface area contributed by atoms with E-state index in [2.05, 4.69) is 23.1 Å². The van der Waals surface area contributed by atoms with E-state index in [0.29, 0.717) is 34.2 Å². The van der Waals surface area contributed by atoms with Crippen LogP contribution in [0.1, 0.15) is 55.2 Å². The van der Waals surface area contributed by atoms with Crippen LogP contribution in [-0.2, 0) is 5.60 Å². The van der Waals surface area contributed by atoms with Crippen molar-refractivity contribution in [3.05, 3.63) is 83.0 Å². The fourth-order valence-electron chi connectivity index (χ4n) is 4.86. The minimum Gasteiger partial charge on any atom is -0.397 e. The summed E-state index contributed by atoms with van der Waals surface area (Å²) in [5, 5.41) is 16.7. The Bertz CT molecular complexity index is 1300. The summed E-state index contributed by atoms with van der Waals surface area (Å²) in [5.41, 5.74) is 12.1. The zero-order valence-corrected chi connectivity index (χ0v) is 19.9. The van der Waals surface area contributed by atoms with Gasteiger partial charge in [-0.05, 0) is 81.7 Å². The second kappa shape index (κ2) is 8.69. The van der Waals surface area contributed by atoms with Crippen molar-refractivity contribution in [1.29, 1.82) is 0 Å². The Morgan fingerprint density at radius 2 is 2.09 bits per heavy atom. The second-order valence-electron chi connectivity index (χ2n) is 9.30. The number of aliphatic hydroxyl groups is 1. The van der Waals surface area contributed by atoms with Crippen molar-refractivity contribution >= 4 is 17.1 Å². The van der Waals surface area contributed by atoms with Gasteiger partial charge in [-0.2, -0.15) is 0 Å². The molecule has 0 radical (unpaired) electrons. The fourth-order valence-corrected chi connectivity index (χ4v) is 4.86.